The van der Waals surface area contributed by atoms with Crippen LogP contribution in [0, 0.1) is 5.92 Å². The number of carbonyl (C=O) groups excluding carboxylic acids is 2. The highest BCUT2D eigenvalue weighted by molar-refractivity contribution is 5.99. The Balaban J connectivity index is 2.03. The molecule has 1 saturated carbocycles. The van der Waals surface area contributed by atoms with Crippen molar-refractivity contribution in [2.45, 2.75) is 45.6 Å². The smallest absolute Gasteiger partial charge is 0.270 e. The number of hydrogen-bond donors (Lipinski definition) is 1. The molecule has 0 aromatic carbocycles. The molecule has 4 heteroatoms. The molecule has 104 valence electrons. The van der Waals surface area contributed by atoms with E-state index in [1.54, 1.807) is 12.3 Å². The predicted octanol–water partition coefficient (Wildman–Crippen LogP) is 2.87. The van der Waals surface area contributed by atoms with Gasteiger partial charge in [0.25, 0.3) is 5.91 Å². The van der Waals surface area contributed by atoms with Crippen molar-refractivity contribution in [3.63, 3.8) is 0 Å². The summed E-state index contributed by atoms with van der Waals surface area (Å²) in [6.45, 7) is 3.77. The molecule has 1 amide bonds. The molecule has 1 aliphatic carbocycles. The summed E-state index contributed by atoms with van der Waals surface area (Å²) < 4.78 is 0. The fourth-order valence-corrected chi connectivity index (χ4v) is 2.71. The first-order valence-electron chi connectivity index (χ1n) is 6.95. The van der Waals surface area contributed by atoms with Gasteiger partial charge < -0.3 is 9.88 Å². The zero-order valence-corrected chi connectivity index (χ0v) is 11.9. The van der Waals surface area contributed by atoms with Gasteiger partial charge in [-0.1, -0.05) is 6.92 Å². The number of aromatic amines is 1. The molecule has 1 aromatic heterocycles. The van der Waals surface area contributed by atoms with Gasteiger partial charge >= 0.3 is 0 Å². The number of H-pyrrole nitrogens is 1. The third kappa shape index (κ3) is 3.06. The van der Waals surface area contributed by atoms with Crippen LogP contribution >= 0.6 is 0 Å². The maximum absolute atomic E-state index is 12.3. The summed E-state index contributed by atoms with van der Waals surface area (Å²) in [7, 11) is 1.86. The van der Waals surface area contributed by atoms with E-state index in [4.69, 9.17) is 0 Å². The van der Waals surface area contributed by atoms with Crippen molar-refractivity contribution < 1.29 is 9.59 Å². The van der Waals surface area contributed by atoms with Gasteiger partial charge in [0.05, 0.1) is 0 Å². The Kier molecular flexibility index (Phi) is 4.08. The highest BCUT2D eigenvalue weighted by Crippen LogP contribution is 2.27. The fraction of sp³-hybridized carbons (Fsp3) is 0.600. The monoisotopic (exact) mass is 262 g/mol. The molecule has 0 spiro atoms. The Bertz CT molecular complexity index is 470. The van der Waals surface area contributed by atoms with Crippen LogP contribution in [-0.2, 0) is 0 Å². The first-order valence-corrected chi connectivity index (χ1v) is 6.95. The fourth-order valence-electron chi connectivity index (χ4n) is 2.71. The van der Waals surface area contributed by atoms with Crippen LogP contribution in [0.3, 0.4) is 0 Å². The van der Waals surface area contributed by atoms with Gasteiger partial charge in [-0.3, -0.25) is 9.59 Å². The summed E-state index contributed by atoms with van der Waals surface area (Å²) in [5.74, 6) is 0.728. The van der Waals surface area contributed by atoms with E-state index < -0.39 is 0 Å². The summed E-state index contributed by atoms with van der Waals surface area (Å²) in [6, 6.07) is 1.97. The summed E-state index contributed by atoms with van der Waals surface area (Å²) in [4.78, 5) is 28.3. The molecule has 1 fully saturated rings. The molecule has 0 aliphatic heterocycles. The maximum Gasteiger partial charge on any atom is 0.270 e. The lowest BCUT2D eigenvalue weighted by molar-refractivity contribution is 0.0674. The van der Waals surface area contributed by atoms with Gasteiger partial charge in [0.15, 0.2) is 5.78 Å². The molecule has 0 saturated heterocycles. The Labute approximate surface area is 114 Å². The van der Waals surface area contributed by atoms with Crippen LogP contribution in [0.5, 0.6) is 0 Å². The average molecular weight is 262 g/mol. The normalized spacial score (nSPS) is 23.1. The van der Waals surface area contributed by atoms with Gasteiger partial charge in [0.2, 0.25) is 0 Å². The molecule has 1 aromatic rings. The Morgan fingerprint density at radius 2 is 1.89 bits per heavy atom. The van der Waals surface area contributed by atoms with Crippen LogP contribution in [0.2, 0.25) is 0 Å². The van der Waals surface area contributed by atoms with Crippen molar-refractivity contribution in [2.24, 2.45) is 5.92 Å². The number of Topliss-reactive ketones (excluding diaryl/α,β-unsaturated/α-hetero) is 1. The second-order valence-electron chi connectivity index (χ2n) is 5.69. The van der Waals surface area contributed by atoms with E-state index in [2.05, 4.69) is 11.9 Å². The van der Waals surface area contributed by atoms with E-state index in [0.29, 0.717) is 17.3 Å². The second-order valence-corrected chi connectivity index (χ2v) is 5.69. The quantitative estimate of drug-likeness (QED) is 0.852. The molecule has 0 unspecified atom stereocenters. The number of rotatable bonds is 3. The van der Waals surface area contributed by atoms with Crippen molar-refractivity contribution in [1.29, 1.82) is 0 Å². The van der Waals surface area contributed by atoms with Gasteiger partial charge in [-0.25, -0.2) is 0 Å². The third-order valence-electron chi connectivity index (χ3n) is 4.17. The summed E-state index contributed by atoms with van der Waals surface area (Å²) in [5.41, 5.74) is 1.07. The van der Waals surface area contributed by atoms with Crippen molar-refractivity contribution >= 4 is 11.7 Å². The van der Waals surface area contributed by atoms with E-state index >= 15 is 0 Å². The molecule has 0 bridgehead atoms. The van der Waals surface area contributed by atoms with Gasteiger partial charge in [-0.2, -0.15) is 0 Å². The zero-order valence-electron chi connectivity index (χ0n) is 11.9. The molecule has 0 atom stereocenters. The van der Waals surface area contributed by atoms with Gasteiger partial charge in [-0.05, 0) is 44.6 Å². The molecule has 1 aliphatic rings. The minimum absolute atomic E-state index is 0.0212. The Morgan fingerprint density at radius 3 is 2.42 bits per heavy atom. The van der Waals surface area contributed by atoms with Crippen molar-refractivity contribution in [3.05, 3.63) is 23.5 Å². The lowest BCUT2D eigenvalue weighted by Gasteiger charge is -2.33. The number of aromatic nitrogens is 1. The van der Waals surface area contributed by atoms with Crippen molar-refractivity contribution in [2.75, 3.05) is 7.05 Å². The van der Waals surface area contributed by atoms with Crippen molar-refractivity contribution in [3.8, 4) is 0 Å². The molecule has 0 radical (unpaired) electrons. The number of carbonyl (C=O) groups is 2. The largest absolute Gasteiger partial charge is 0.356 e. The second kappa shape index (κ2) is 5.59. The lowest BCUT2D eigenvalue weighted by atomic mass is 9.86. The van der Waals surface area contributed by atoms with Gasteiger partial charge in [-0.15, -0.1) is 0 Å². The summed E-state index contributed by atoms with van der Waals surface area (Å²) in [6.07, 6.45) is 6.12. The van der Waals surface area contributed by atoms with E-state index in [9.17, 15) is 9.59 Å². The number of nitrogens with one attached hydrogen (secondary N) is 1. The van der Waals surface area contributed by atoms with Crippen LogP contribution in [0.25, 0.3) is 0 Å². The number of amides is 1. The van der Waals surface area contributed by atoms with Crippen molar-refractivity contribution in [1.82, 2.24) is 9.88 Å². The summed E-state index contributed by atoms with van der Waals surface area (Å²) >= 11 is 0. The number of hydrogen-bond acceptors (Lipinski definition) is 2. The predicted molar refractivity (Wildman–Crippen MR) is 74.3 cm³/mol. The minimum Gasteiger partial charge on any atom is -0.356 e. The van der Waals surface area contributed by atoms with Crippen LogP contribution in [0.15, 0.2) is 12.3 Å². The number of nitrogens with zero attached hydrogens (tertiary/aromatic N) is 1. The van der Waals surface area contributed by atoms with E-state index in [0.717, 1.165) is 18.8 Å². The Morgan fingerprint density at radius 1 is 1.26 bits per heavy atom. The lowest BCUT2D eigenvalue weighted by Crippen LogP contribution is -2.39. The van der Waals surface area contributed by atoms with E-state index in [1.807, 2.05) is 11.9 Å². The van der Waals surface area contributed by atoms with Gasteiger partial charge in [0.1, 0.15) is 5.69 Å². The first kappa shape index (κ1) is 13.8. The van der Waals surface area contributed by atoms with Gasteiger partial charge in [0, 0.05) is 24.8 Å². The highest BCUT2D eigenvalue weighted by atomic mass is 16.2. The standard InChI is InChI=1S/C15H22N2O2/c1-10-4-6-13(7-5-10)17(3)15(19)14-8-12(9-16-14)11(2)18/h8-10,13,16H,4-7H2,1-3H3. The van der Waals surface area contributed by atoms with E-state index in [-0.39, 0.29) is 11.7 Å². The zero-order chi connectivity index (χ0) is 14.0. The molecule has 4 nitrogen and oxygen atoms in total. The average Bonchev–Trinajstić information content (AvgIpc) is 2.87. The SMILES string of the molecule is CC(=O)c1c[nH]c(C(=O)N(C)C2CCC(C)CC2)c1. The summed E-state index contributed by atoms with van der Waals surface area (Å²) in [5, 5.41) is 0. The highest BCUT2D eigenvalue weighted by Gasteiger charge is 2.26. The topological polar surface area (TPSA) is 53.2 Å². The van der Waals surface area contributed by atoms with Crippen LogP contribution in [0.1, 0.15) is 60.4 Å². The molecule has 1 N–H and O–H groups in total. The molecular weight excluding hydrogens is 240 g/mol. The molecule has 19 heavy (non-hydrogen) atoms. The minimum atomic E-state index is -0.0237. The first-order chi connectivity index (χ1) is 8.99. The molecule has 1 heterocycles. The third-order valence-corrected chi connectivity index (χ3v) is 4.17. The maximum atomic E-state index is 12.3. The van der Waals surface area contributed by atoms with Crippen LogP contribution < -0.4 is 0 Å². The molecule has 2 rings (SSSR count). The Hall–Kier alpha value is -1.58. The van der Waals surface area contributed by atoms with Crippen LogP contribution in [0.4, 0.5) is 0 Å². The van der Waals surface area contributed by atoms with E-state index in [1.165, 1.54) is 19.8 Å². The van der Waals surface area contributed by atoms with Crippen LogP contribution in [-0.4, -0.2) is 34.7 Å². The molecular formula is C15H22N2O2. The number of ketones is 1.